The van der Waals surface area contributed by atoms with Gasteiger partial charge < -0.3 is 10.3 Å². The van der Waals surface area contributed by atoms with Crippen LogP contribution in [-0.4, -0.2) is 10.1 Å². The van der Waals surface area contributed by atoms with Crippen LogP contribution >= 0.6 is 11.6 Å². The third-order valence-electron chi connectivity index (χ3n) is 2.74. The Morgan fingerprint density at radius 1 is 1.47 bits per heavy atom. The Kier molecular flexibility index (Phi) is 3.44. The van der Waals surface area contributed by atoms with Crippen LogP contribution in [0.5, 0.6) is 0 Å². The first kappa shape index (κ1) is 13.4. The molecule has 0 amide bonds. The number of nitro groups is 1. The van der Waals surface area contributed by atoms with Crippen molar-refractivity contribution in [2.45, 2.75) is 19.8 Å². The summed E-state index contributed by atoms with van der Waals surface area (Å²) in [5.41, 5.74) is 6.98. The molecule has 7 heteroatoms. The van der Waals surface area contributed by atoms with Crippen LogP contribution in [-0.2, 0) is 0 Å². The fraction of sp³-hybridized carbons (Fsp3) is 0.250. The zero-order valence-electron chi connectivity index (χ0n) is 10.4. The molecule has 0 atom stereocenters. The molecule has 0 bridgehead atoms. The molecule has 2 N–H and O–H groups in total. The van der Waals surface area contributed by atoms with Gasteiger partial charge >= 0.3 is 0 Å². The molecule has 0 aliphatic heterocycles. The lowest BCUT2D eigenvalue weighted by Gasteiger charge is -2.06. The van der Waals surface area contributed by atoms with Crippen LogP contribution < -0.4 is 5.73 Å². The molecule has 19 heavy (non-hydrogen) atoms. The second-order valence-electron chi connectivity index (χ2n) is 4.38. The maximum Gasteiger partial charge on any atom is 0.280 e. The fourth-order valence-corrected chi connectivity index (χ4v) is 2.08. The minimum Gasteiger partial charge on any atom is -0.367 e. The van der Waals surface area contributed by atoms with E-state index in [1.807, 2.05) is 13.8 Å². The summed E-state index contributed by atoms with van der Waals surface area (Å²) in [6.07, 6.45) is 0. The molecule has 1 aromatic carbocycles. The van der Waals surface area contributed by atoms with Crippen molar-refractivity contribution in [3.63, 3.8) is 0 Å². The van der Waals surface area contributed by atoms with Crippen LogP contribution in [0.3, 0.4) is 0 Å². The van der Waals surface area contributed by atoms with E-state index in [-0.39, 0.29) is 22.5 Å². The Morgan fingerprint density at radius 3 is 2.74 bits per heavy atom. The molecule has 0 saturated heterocycles. The van der Waals surface area contributed by atoms with E-state index in [1.54, 1.807) is 12.1 Å². The smallest absolute Gasteiger partial charge is 0.280 e. The Balaban J connectivity index is 2.69. The molecule has 0 radical (unpaired) electrons. The topological polar surface area (TPSA) is 95.2 Å². The number of rotatable bonds is 3. The molecule has 0 aliphatic carbocycles. The zero-order valence-corrected chi connectivity index (χ0v) is 11.1. The van der Waals surface area contributed by atoms with Gasteiger partial charge in [-0.1, -0.05) is 30.6 Å². The highest BCUT2D eigenvalue weighted by atomic mass is 35.5. The van der Waals surface area contributed by atoms with Gasteiger partial charge in [0, 0.05) is 16.7 Å². The lowest BCUT2D eigenvalue weighted by Crippen LogP contribution is -1.97. The summed E-state index contributed by atoms with van der Waals surface area (Å²) in [5.74, 6) is 0.214. The summed E-state index contributed by atoms with van der Waals surface area (Å²) >= 11 is 5.78. The molecular formula is C12H12ClN3O3. The summed E-state index contributed by atoms with van der Waals surface area (Å²) in [6, 6.07) is 4.40. The SMILES string of the molecule is CC(C)c1c(-c2ccc(Cl)cc2[N+](=O)[O-])noc1N. The van der Waals surface area contributed by atoms with Crippen LogP contribution in [0.25, 0.3) is 11.3 Å². The molecule has 0 spiro atoms. The summed E-state index contributed by atoms with van der Waals surface area (Å²) in [5, 5.41) is 15.2. The van der Waals surface area contributed by atoms with Crippen LogP contribution in [0.4, 0.5) is 11.6 Å². The van der Waals surface area contributed by atoms with Crippen molar-refractivity contribution in [2.75, 3.05) is 5.73 Å². The molecule has 0 unspecified atom stereocenters. The third-order valence-corrected chi connectivity index (χ3v) is 2.98. The van der Waals surface area contributed by atoms with E-state index in [9.17, 15) is 10.1 Å². The van der Waals surface area contributed by atoms with Crippen molar-refractivity contribution in [3.05, 3.63) is 38.9 Å². The molecule has 6 nitrogen and oxygen atoms in total. The minimum absolute atomic E-state index is 0.0385. The van der Waals surface area contributed by atoms with Gasteiger partial charge in [0.2, 0.25) is 5.88 Å². The van der Waals surface area contributed by atoms with Gasteiger partial charge in [-0.15, -0.1) is 0 Å². The van der Waals surface area contributed by atoms with Gasteiger partial charge in [-0.25, -0.2) is 0 Å². The van der Waals surface area contributed by atoms with Gasteiger partial charge in [-0.2, -0.15) is 0 Å². The quantitative estimate of drug-likeness (QED) is 0.685. The lowest BCUT2D eigenvalue weighted by molar-refractivity contribution is -0.384. The van der Waals surface area contributed by atoms with Gasteiger partial charge in [0.05, 0.1) is 10.5 Å². The molecule has 0 saturated carbocycles. The van der Waals surface area contributed by atoms with E-state index in [0.29, 0.717) is 16.8 Å². The largest absolute Gasteiger partial charge is 0.367 e. The van der Waals surface area contributed by atoms with Crippen LogP contribution in [0.1, 0.15) is 25.3 Å². The van der Waals surface area contributed by atoms with Gasteiger partial charge in [0.25, 0.3) is 5.69 Å². The van der Waals surface area contributed by atoms with Crippen LogP contribution in [0, 0.1) is 10.1 Å². The fourth-order valence-electron chi connectivity index (χ4n) is 1.92. The molecule has 1 aromatic heterocycles. The number of hydrogen-bond acceptors (Lipinski definition) is 5. The normalized spacial score (nSPS) is 10.9. The number of anilines is 1. The Hall–Kier alpha value is -2.08. The first-order valence-electron chi connectivity index (χ1n) is 5.61. The summed E-state index contributed by atoms with van der Waals surface area (Å²) in [6.45, 7) is 3.82. The summed E-state index contributed by atoms with van der Waals surface area (Å²) in [7, 11) is 0. The highest BCUT2D eigenvalue weighted by Crippen LogP contribution is 2.38. The zero-order chi connectivity index (χ0) is 14.2. The van der Waals surface area contributed by atoms with E-state index >= 15 is 0 Å². The van der Waals surface area contributed by atoms with E-state index < -0.39 is 4.92 Å². The lowest BCUT2D eigenvalue weighted by atomic mass is 9.98. The van der Waals surface area contributed by atoms with E-state index in [0.717, 1.165) is 0 Å². The maximum atomic E-state index is 11.1. The van der Waals surface area contributed by atoms with Crippen molar-refractivity contribution in [1.82, 2.24) is 5.16 Å². The van der Waals surface area contributed by atoms with Gasteiger partial charge in [-0.05, 0) is 18.1 Å². The highest BCUT2D eigenvalue weighted by molar-refractivity contribution is 6.30. The monoisotopic (exact) mass is 281 g/mol. The Morgan fingerprint density at radius 2 is 2.16 bits per heavy atom. The number of halogens is 1. The molecule has 0 aliphatic rings. The molecule has 2 aromatic rings. The first-order valence-corrected chi connectivity index (χ1v) is 5.99. The standard InChI is InChI=1S/C12H12ClN3O3/c1-6(2)10-11(15-19-12(10)14)8-4-3-7(13)5-9(8)16(17)18/h3-6H,14H2,1-2H3. The molecule has 0 fully saturated rings. The highest BCUT2D eigenvalue weighted by Gasteiger charge is 2.25. The number of nitrogens with two attached hydrogens (primary N) is 1. The van der Waals surface area contributed by atoms with Crippen LogP contribution in [0.15, 0.2) is 22.7 Å². The van der Waals surface area contributed by atoms with Gasteiger partial charge in [0.1, 0.15) is 5.69 Å². The molecule has 2 rings (SSSR count). The van der Waals surface area contributed by atoms with E-state index in [4.69, 9.17) is 21.9 Å². The minimum atomic E-state index is -0.504. The van der Waals surface area contributed by atoms with Crippen LogP contribution in [0.2, 0.25) is 5.02 Å². The summed E-state index contributed by atoms with van der Waals surface area (Å²) in [4.78, 5) is 10.6. The number of nitrogen functional groups attached to an aromatic ring is 1. The van der Waals surface area contributed by atoms with E-state index in [1.165, 1.54) is 6.07 Å². The molecule has 1 heterocycles. The van der Waals surface area contributed by atoms with Gasteiger partial charge in [0.15, 0.2) is 0 Å². The second kappa shape index (κ2) is 4.89. The first-order chi connectivity index (χ1) is 8.91. The van der Waals surface area contributed by atoms with Crippen molar-refractivity contribution in [3.8, 4) is 11.3 Å². The number of benzene rings is 1. The average Bonchev–Trinajstić information content (AvgIpc) is 2.70. The Labute approximate surface area is 114 Å². The molecular weight excluding hydrogens is 270 g/mol. The maximum absolute atomic E-state index is 11.1. The van der Waals surface area contributed by atoms with Crippen molar-refractivity contribution in [1.29, 1.82) is 0 Å². The Bertz CT molecular complexity index is 637. The average molecular weight is 282 g/mol. The predicted octanol–water partition coefficient (Wildman–Crippen LogP) is 3.61. The summed E-state index contributed by atoms with van der Waals surface area (Å²) < 4.78 is 4.95. The number of hydrogen-bond donors (Lipinski definition) is 1. The van der Waals surface area contributed by atoms with Crippen molar-refractivity contribution < 1.29 is 9.45 Å². The van der Waals surface area contributed by atoms with Crippen molar-refractivity contribution in [2.24, 2.45) is 0 Å². The predicted molar refractivity (Wildman–Crippen MR) is 72.1 cm³/mol. The number of nitrogens with zero attached hydrogens (tertiary/aromatic N) is 2. The number of nitro benzene ring substituents is 1. The van der Waals surface area contributed by atoms with E-state index in [2.05, 4.69) is 5.16 Å². The van der Waals surface area contributed by atoms with Gasteiger partial charge in [-0.3, -0.25) is 10.1 Å². The third kappa shape index (κ3) is 2.39. The number of aromatic nitrogens is 1. The second-order valence-corrected chi connectivity index (χ2v) is 4.82. The molecule has 100 valence electrons. The van der Waals surface area contributed by atoms with Crippen molar-refractivity contribution >= 4 is 23.2 Å².